The molecular formula is C35H64O8. The number of cyclic esters (lactones) is 1. The summed E-state index contributed by atoms with van der Waals surface area (Å²) in [5.74, 6) is -2.16. The number of rotatable bonds is 26. The van der Waals surface area contributed by atoms with Crippen LogP contribution in [0.2, 0.25) is 0 Å². The molecule has 2 heterocycles. The minimum atomic E-state index is -1.58. The fraction of sp³-hybridized carbons (Fsp3) is 0.914. The van der Waals surface area contributed by atoms with Gasteiger partial charge in [0.15, 0.2) is 0 Å². The molecule has 0 aromatic heterocycles. The zero-order chi connectivity index (χ0) is 31.5. The van der Waals surface area contributed by atoms with Gasteiger partial charge in [0.25, 0.3) is 0 Å². The lowest BCUT2D eigenvalue weighted by molar-refractivity contribution is -0.173. The maximum Gasteiger partial charge on any atom is 0.336 e. The van der Waals surface area contributed by atoms with Gasteiger partial charge in [0.05, 0.1) is 36.6 Å². The maximum absolute atomic E-state index is 11.7. The van der Waals surface area contributed by atoms with Crippen molar-refractivity contribution in [3.63, 3.8) is 0 Å². The van der Waals surface area contributed by atoms with Crippen LogP contribution in [0, 0.1) is 0 Å². The van der Waals surface area contributed by atoms with Crippen LogP contribution in [-0.4, -0.2) is 73.9 Å². The lowest BCUT2D eigenvalue weighted by Crippen LogP contribution is -2.31. The second-order valence-electron chi connectivity index (χ2n) is 13.4. The molecule has 8 nitrogen and oxygen atoms in total. The van der Waals surface area contributed by atoms with Crippen molar-refractivity contribution in [1.82, 2.24) is 0 Å². The summed E-state index contributed by atoms with van der Waals surface area (Å²) < 4.78 is 10.9. The summed E-state index contributed by atoms with van der Waals surface area (Å²) >= 11 is 0. The van der Waals surface area contributed by atoms with E-state index in [1.165, 1.54) is 70.8 Å². The molecule has 2 rings (SSSR count). The molecule has 252 valence electrons. The van der Waals surface area contributed by atoms with E-state index in [4.69, 9.17) is 9.47 Å². The van der Waals surface area contributed by atoms with Crippen LogP contribution in [0.5, 0.6) is 0 Å². The van der Waals surface area contributed by atoms with Crippen LogP contribution in [-0.2, 0) is 14.3 Å². The number of esters is 1. The number of ether oxygens (including phenoxy) is 2. The first-order valence-electron chi connectivity index (χ1n) is 17.7. The van der Waals surface area contributed by atoms with Crippen LogP contribution >= 0.6 is 0 Å². The van der Waals surface area contributed by atoms with Crippen molar-refractivity contribution in [2.75, 3.05) is 0 Å². The highest BCUT2D eigenvalue weighted by Gasteiger charge is 2.35. The molecule has 0 aromatic rings. The normalized spacial score (nSPS) is 25.0. The predicted octanol–water partition coefficient (Wildman–Crippen LogP) is 6.38. The average molecular weight is 613 g/mol. The number of aliphatic hydroxyl groups excluding tert-OH is 4. The Labute approximate surface area is 261 Å². The van der Waals surface area contributed by atoms with Gasteiger partial charge in [0, 0.05) is 18.9 Å². The van der Waals surface area contributed by atoms with Crippen LogP contribution in [0.1, 0.15) is 162 Å². The third-order valence-corrected chi connectivity index (χ3v) is 9.12. The highest BCUT2D eigenvalue weighted by molar-refractivity contribution is 5.91. The molecule has 7 atom stereocenters. The van der Waals surface area contributed by atoms with E-state index in [2.05, 4.69) is 6.92 Å². The standard InChI is InChI=1S/C35H64O8/c1-3-4-5-6-7-8-9-10-11-15-21-30(38)32-23-24-33(42-32)31(39)22-17-16-19-28(36)18-13-12-14-20-29(37)25-27-26-35(2,41)43-34(27)40/h26,28-33,36-39,41H,3-25H2,1-2H3/t28-,29-,30-,31-,32-,33-,35-/m1/s1. The summed E-state index contributed by atoms with van der Waals surface area (Å²) in [6.07, 6.45) is 21.3. The molecule has 0 spiro atoms. The van der Waals surface area contributed by atoms with Crippen molar-refractivity contribution in [3.05, 3.63) is 11.6 Å². The Morgan fingerprint density at radius 3 is 1.63 bits per heavy atom. The smallest absolute Gasteiger partial charge is 0.336 e. The van der Waals surface area contributed by atoms with Crippen LogP contribution < -0.4 is 0 Å². The SMILES string of the molecule is CCCCCCCCCCCC[C@@H](O)[C@H]1CC[C@H]([C@H](O)CCCC[C@H](O)CCCCC[C@@H](O)CC2=C[C@](C)(O)OC2=O)O1. The Bertz CT molecular complexity index is 769. The molecular weight excluding hydrogens is 548 g/mol. The molecule has 5 N–H and O–H groups in total. The minimum absolute atomic E-state index is 0.159. The summed E-state index contributed by atoms with van der Waals surface area (Å²) in [5.41, 5.74) is 0.314. The van der Waals surface area contributed by atoms with Gasteiger partial charge in [0.1, 0.15) is 0 Å². The van der Waals surface area contributed by atoms with Crippen molar-refractivity contribution >= 4 is 5.97 Å². The summed E-state index contributed by atoms with van der Waals surface area (Å²) in [6.45, 7) is 3.64. The molecule has 1 fully saturated rings. The highest BCUT2D eigenvalue weighted by Crippen LogP contribution is 2.29. The van der Waals surface area contributed by atoms with E-state index in [-0.39, 0.29) is 24.7 Å². The van der Waals surface area contributed by atoms with Gasteiger partial charge in [0.2, 0.25) is 5.79 Å². The Hall–Kier alpha value is -1.03. The number of carbonyl (C=O) groups excluding carboxylic acids is 1. The summed E-state index contributed by atoms with van der Waals surface area (Å²) in [4.78, 5) is 11.7. The summed E-state index contributed by atoms with van der Waals surface area (Å²) in [7, 11) is 0. The fourth-order valence-electron chi connectivity index (χ4n) is 6.45. The molecule has 0 unspecified atom stereocenters. The van der Waals surface area contributed by atoms with Crippen molar-refractivity contribution in [2.24, 2.45) is 0 Å². The lowest BCUT2D eigenvalue weighted by atomic mass is 9.99. The first-order chi connectivity index (χ1) is 20.6. The van der Waals surface area contributed by atoms with E-state index < -0.39 is 30.1 Å². The van der Waals surface area contributed by atoms with E-state index in [1.807, 2.05) is 0 Å². The molecule has 0 amide bonds. The monoisotopic (exact) mass is 612 g/mol. The second-order valence-corrected chi connectivity index (χ2v) is 13.4. The number of unbranched alkanes of at least 4 members (excludes halogenated alkanes) is 12. The summed E-state index contributed by atoms with van der Waals surface area (Å²) in [6, 6.07) is 0. The van der Waals surface area contributed by atoms with Gasteiger partial charge < -0.3 is 35.0 Å². The van der Waals surface area contributed by atoms with Gasteiger partial charge >= 0.3 is 5.97 Å². The molecule has 0 saturated carbocycles. The third-order valence-electron chi connectivity index (χ3n) is 9.12. The van der Waals surface area contributed by atoms with E-state index in [1.54, 1.807) is 0 Å². The zero-order valence-electron chi connectivity index (χ0n) is 27.3. The molecule has 43 heavy (non-hydrogen) atoms. The highest BCUT2D eigenvalue weighted by atomic mass is 16.7. The molecule has 8 heteroatoms. The average Bonchev–Trinajstić information content (AvgIpc) is 3.55. The lowest BCUT2D eigenvalue weighted by Gasteiger charge is -2.22. The van der Waals surface area contributed by atoms with Gasteiger partial charge in [-0.25, -0.2) is 4.79 Å². The Morgan fingerprint density at radius 2 is 1.12 bits per heavy atom. The van der Waals surface area contributed by atoms with Gasteiger partial charge in [-0.15, -0.1) is 0 Å². The van der Waals surface area contributed by atoms with Crippen molar-refractivity contribution in [3.8, 4) is 0 Å². The quantitative estimate of drug-likeness (QED) is 0.0561. The van der Waals surface area contributed by atoms with Crippen LogP contribution in [0.25, 0.3) is 0 Å². The van der Waals surface area contributed by atoms with Crippen molar-refractivity contribution in [2.45, 2.75) is 204 Å². The number of aliphatic hydroxyl groups is 5. The van der Waals surface area contributed by atoms with E-state index >= 15 is 0 Å². The topological polar surface area (TPSA) is 137 Å². The molecule has 0 aliphatic carbocycles. The number of carbonyl (C=O) groups is 1. The zero-order valence-corrected chi connectivity index (χ0v) is 27.3. The van der Waals surface area contributed by atoms with Crippen molar-refractivity contribution < 1.29 is 39.8 Å². The van der Waals surface area contributed by atoms with Gasteiger partial charge in [-0.1, -0.05) is 103 Å². The van der Waals surface area contributed by atoms with Crippen LogP contribution in [0.4, 0.5) is 0 Å². The first kappa shape index (κ1) is 38.2. The molecule has 1 saturated heterocycles. The largest absolute Gasteiger partial charge is 0.426 e. The van der Waals surface area contributed by atoms with Crippen LogP contribution in [0.3, 0.4) is 0 Å². The van der Waals surface area contributed by atoms with Gasteiger partial charge in [-0.3, -0.25) is 0 Å². The van der Waals surface area contributed by atoms with E-state index in [0.717, 1.165) is 57.8 Å². The minimum Gasteiger partial charge on any atom is -0.426 e. The number of hydrogen-bond donors (Lipinski definition) is 5. The van der Waals surface area contributed by atoms with Crippen molar-refractivity contribution in [1.29, 1.82) is 0 Å². The summed E-state index contributed by atoms with van der Waals surface area (Å²) in [5, 5.41) is 51.5. The van der Waals surface area contributed by atoms with E-state index in [9.17, 15) is 30.3 Å². The Morgan fingerprint density at radius 1 is 0.698 bits per heavy atom. The Balaban J connectivity index is 1.42. The second kappa shape index (κ2) is 21.7. The molecule has 0 bridgehead atoms. The predicted molar refractivity (Wildman–Crippen MR) is 169 cm³/mol. The van der Waals surface area contributed by atoms with Gasteiger partial charge in [-0.05, 0) is 51.0 Å². The molecule has 2 aliphatic heterocycles. The molecule has 0 radical (unpaired) electrons. The molecule has 2 aliphatic rings. The molecule has 0 aromatic carbocycles. The van der Waals surface area contributed by atoms with Crippen LogP contribution in [0.15, 0.2) is 11.6 Å². The fourth-order valence-corrected chi connectivity index (χ4v) is 6.45. The number of hydrogen-bond acceptors (Lipinski definition) is 8. The Kier molecular flexibility index (Phi) is 19.2. The first-order valence-corrected chi connectivity index (χ1v) is 17.7. The third kappa shape index (κ3) is 16.7. The van der Waals surface area contributed by atoms with E-state index in [0.29, 0.717) is 31.3 Å². The van der Waals surface area contributed by atoms with Gasteiger partial charge in [-0.2, -0.15) is 0 Å². The maximum atomic E-state index is 11.7.